The Hall–Kier alpha value is -3.84. The molecule has 0 radical (unpaired) electrons. The van der Waals surface area contributed by atoms with Gasteiger partial charge in [0.2, 0.25) is 6.79 Å². The third-order valence-corrected chi connectivity index (χ3v) is 5.66. The van der Waals surface area contributed by atoms with Gasteiger partial charge in [-0.1, -0.05) is 0 Å². The standard InChI is InChI=1S/C21H18N4O5S/c1-2-28-17-8-18(31-20(17)21(26)27)14-7-19(25-10-24-14)23-4-3-12-5-15-16(30-11-29-15)6-13(12)9-22/h5-8,10H,2-4,11H2,1H3,(H,26,27)(H,23,24,25). The number of anilines is 1. The SMILES string of the molecule is CCOc1cc(-c2cc(NCCc3cc4c(cc3C#N)OCO4)ncn2)sc1C(=O)O. The Morgan fingerprint density at radius 1 is 1.29 bits per heavy atom. The third kappa shape index (κ3) is 4.36. The molecule has 2 aromatic heterocycles. The number of nitrogens with one attached hydrogen (secondary N) is 1. The summed E-state index contributed by atoms with van der Waals surface area (Å²) in [5.41, 5.74) is 1.98. The summed E-state index contributed by atoms with van der Waals surface area (Å²) in [6, 6.07) is 9.12. The Morgan fingerprint density at radius 2 is 2.10 bits per heavy atom. The first kappa shape index (κ1) is 20.4. The van der Waals surface area contributed by atoms with E-state index in [1.54, 1.807) is 25.1 Å². The molecule has 0 atom stereocenters. The van der Waals surface area contributed by atoms with E-state index in [2.05, 4.69) is 21.4 Å². The molecule has 3 aromatic rings. The number of nitrogens with zero attached hydrogens (tertiary/aromatic N) is 3. The number of carboxylic acids is 1. The summed E-state index contributed by atoms with van der Waals surface area (Å²) in [4.78, 5) is 20.7. The summed E-state index contributed by atoms with van der Waals surface area (Å²) in [5.74, 6) is 1.10. The van der Waals surface area contributed by atoms with E-state index in [0.717, 1.165) is 16.9 Å². The molecule has 10 heteroatoms. The van der Waals surface area contributed by atoms with Crippen molar-refractivity contribution in [3.05, 3.63) is 46.6 Å². The second-order valence-electron chi connectivity index (χ2n) is 6.48. The molecule has 158 valence electrons. The number of nitriles is 1. The van der Waals surface area contributed by atoms with E-state index in [4.69, 9.17) is 14.2 Å². The average molecular weight is 438 g/mol. The number of hydrogen-bond acceptors (Lipinski definition) is 9. The van der Waals surface area contributed by atoms with E-state index < -0.39 is 5.97 Å². The number of benzene rings is 1. The van der Waals surface area contributed by atoms with Crippen LogP contribution < -0.4 is 19.5 Å². The molecule has 0 amide bonds. The lowest BCUT2D eigenvalue weighted by Crippen LogP contribution is -2.07. The molecule has 31 heavy (non-hydrogen) atoms. The smallest absolute Gasteiger partial charge is 0.349 e. The van der Waals surface area contributed by atoms with Crippen LogP contribution in [-0.4, -0.2) is 41.0 Å². The van der Waals surface area contributed by atoms with Gasteiger partial charge in [0.15, 0.2) is 16.4 Å². The summed E-state index contributed by atoms with van der Waals surface area (Å²) >= 11 is 1.10. The van der Waals surface area contributed by atoms with Crippen LogP contribution in [0.2, 0.25) is 0 Å². The lowest BCUT2D eigenvalue weighted by atomic mass is 10.0. The minimum atomic E-state index is -1.04. The molecular weight excluding hydrogens is 420 g/mol. The molecule has 0 unspecified atom stereocenters. The summed E-state index contributed by atoms with van der Waals surface area (Å²) in [7, 11) is 0. The van der Waals surface area contributed by atoms with Crippen molar-refractivity contribution in [1.82, 2.24) is 9.97 Å². The lowest BCUT2D eigenvalue weighted by molar-refractivity contribution is 0.0698. The van der Waals surface area contributed by atoms with Crippen LogP contribution in [0.3, 0.4) is 0 Å². The molecule has 0 fully saturated rings. The molecule has 2 N–H and O–H groups in total. The molecule has 0 bridgehead atoms. The molecule has 0 spiro atoms. The van der Waals surface area contributed by atoms with Gasteiger partial charge in [0, 0.05) is 24.7 Å². The Morgan fingerprint density at radius 3 is 2.84 bits per heavy atom. The molecule has 3 heterocycles. The van der Waals surface area contributed by atoms with Gasteiger partial charge in [-0.15, -0.1) is 11.3 Å². The number of ether oxygens (including phenoxy) is 3. The molecule has 0 saturated heterocycles. The minimum Gasteiger partial charge on any atom is -0.492 e. The second-order valence-corrected chi connectivity index (χ2v) is 7.53. The van der Waals surface area contributed by atoms with Crippen molar-refractivity contribution in [2.75, 3.05) is 25.3 Å². The van der Waals surface area contributed by atoms with E-state index in [0.29, 0.717) is 58.8 Å². The first-order valence-corrected chi connectivity index (χ1v) is 10.3. The van der Waals surface area contributed by atoms with Gasteiger partial charge in [0.1, 0.15) is 17.9 Å². The van der Waals surface area contributed by atoms with Crippen LogP contribution in [0.5, 0.6) is 17.2 Å². The Kier molecular flexibility index (Phi) is 5.86. The fourth-order valence-electron chi connectivity index (χ4n) is 3.12. The van der Waals surface area contributed by atoms with Crippen LogP contribution in [-0.2, 0) is 6.42 Å². The highest BCUT2D eigenvalue weighted by Crippen LogP contribution is 2.36. The zero-order valence-corrected chi connectivity index (χ0v) is 17.4. The van der Waals surface area contributed by atoms with Gasteiger partial charge >= 0.3 is 5.97 Å². The average Bonchev–Trinajstić information content (AvgIpc) is 3.40. The highest BCUT2D eigenvalue weighted by Gasteiger charge is 2.19. The van der Waals surface area contributed by atoms with Crippen molar-refractivity contribution in [2.24, 2.45) is 0 Å². The first-order chi connectivity index (χ1) is 15.1. The van der Waals surface area contributed by atoms with Crippen molar-refractivity contribution < 1.29 is 24.1 Å². The molecule has 0 saturated carbocycles. The van der Waals surface area contributed by atoms with Gasteiger partial charge in [-0.3, -0.25) is 0 Å². The Balaban J connectivity index is 1.47. The van der Waals surface area contributed by atoms with Crippen molar-refractivity contribution in [3.63, 3.8) is 0 Å². The van der Waals surface area contributed by atoms with Crippen LogP contribution in [0.25, 0.3) is 10.6 Å². The predicted octanol–water partition coefficient (Wildman–Crippen LogP) is 3.56. The molecule has 0 aliphatic carbocycles. The fourth-order valence-corrected chi connectivity index (χ4v) is 4.03. The van der Waals surface area contributed by atoms with Gasteiger partial charge < -0.3 is 24.6 Å². The zero-order chi connectivity index (χ0) is 21.8. The van der Waals surface area contributed by atoms with Crippen molar-refractivity contribution in [1.29, 1.82) is 5.26 Å². The topological polar surface area (TPSA) is 127 Å². The van der Waals surface area contributed by atoms with Crippen LogP contribution in [0.15, 0.2) is 30.6 Å². The van der Waals surface area contributed by atoms with Gasteiger partial charge in [-0.05, 0) is 25.0 Å². The van der Waals surface area contributed by atoms with Crippen LogP contribution in [0.1, 0.15) is 27.7 Å². The molecule has 9 nitrogen and oxygen atoms in total. The summed E-state index contributed by atoms with van der Waals surface area (Å²) in [6.07, 6.45) is 2.00. The van der Waals surface area contributed by atoms with Gasteiger partial charge in [0.05, 0.1) is 28.8 Å². The first-order valence-electron chi connectivity index (χ1n) is 9.48. The number of fused-ring (bicyclic) bond motifs is 1. The second kappa shape index (κ2) is 8.89. The summed E-state index contributed by atoms with van der Waals surface area (Å²) in [5, 5.41) is 22.0. The van der Waals surface area contributed by atoms with Crippen molar-refractivity contribution >= 4 is 23.1 Å². The van der Waals surface area contributed by atoms with E-state index in [9.17, 15) is 15.2 Å². The van der Waals surface area contributed by atoms with Crippen LogP contribution >= 0.6 is 11.3 Å². The number of aromatic carboxylic acids is 1. The molecular formula is C21H18N4O5S. The highest BCUT2D eigenvalue weighted by atomic mass is 32.1. The maximum absolute atomic E-state index is 11.5. The Labute approximate surface area is 181 Å². The normalized spacial score (nSPS) is 11.7. The molecule has 1 aliphatic rings. The number of hydrogen-bond donors (Lipinski definition) is 2. The van der Waals surface area contributed by atoms with Crippen LogP contribution in [0.4, 0.5) is 5.82 Å². The summed E-state index contributed by atoms with van der Waals surface area (Å²) in [6.45, 7) is 2.86. The number of aromatic nitrogens is 2. The van der Waals surface area contributed by atoms with E-state index >= 15 is 0 Å². The van der Waals surface area contributed by atoms with Crippen molar-refractivity contribution in [2.45, 2.75) is 13.3 Å². The van der Waals surface area contributed by atoms with Crippen LogP contribution in [0, 0.1) is 11.3 Å². The molecule has 4 rings (SSSR count). The van der Waals surface area contributed by atoms with Gasteiger partial charge in [0.25, 0.3) is 0 Å². The number of carboxylic acid groups (broad SMARTS) is 1. The predicted molar refractivity (Wildman–Crippen MR) is 113 cm³/mol. The van der Waals surface area contributed by atoms with Crippen molar-refractivity contribution in [3.8, 4) is 33.9 Å². The van der Waals surface area contributed by atoms with E-state index in [-0.39, 0.29) is 11.7 Å². The van der Waals surface area contributed by atoms with Gasteiger partial charge in [-0.25, -0.2) is 14.8 Å². The number of rotatable bonds is 8. The quantitative estimate of drug-likeness (QED) is 0.543. The third-order valence-electron chi connectivity index (χ3n) is 4.53. The number of thiophene rings is 1. The maximum Gasteiger partial charge on any atom is 0.349 e. The van der Waals surface area contributed by atoms with E-state index in [1.165, 1.54) is 6.33 Å². The fraction of sp³-hybridized carbons (Fsp3) is 0.238. The molecule has 1 aromatic carbocycles. The molecule has 1 aliphatic heterocycles. The number of carbonyl (C=O) groups is 1. The largest absolute Gasteiger partial charge is 0.492 e. The monoisotopic (exact) mass is 438 g/mol. The van der Waals surface area contributed by atoms with E-state index in [1.807, 2.05) is 6.07 Å². The highest BCUT2D eigenvalue weighted by molar-refractivity contribution is 7.17. The minimum absolute atomic E-state index is 0.136. The summed E-state index contributed by atoms with van der Waals surface area (Å²) < 4.78 is 16.1. The Bertz CT molecular complexity index is 1170. The maximum atomic E-state index is 11.5. The zero-order valence-electron chi connectivity index (χ0n) is 16.5. The lowest BCUT2D eigenvalue weighted by Gasteiger charge is -2.08. The van der Waals surface area contributed by atoms with Gasteiger partial charge in [-0.2, -0.15) is 5.26 Å².